The molecule has 3 rings (SSSR count). The highest BCUT2D eigenvalue weighted by Crippen LogP contribution is 2.32. The minimum atomic E-state index is -0.220. The Morgan fingerprint density at radius 3 is 2.48 bits per heavy atom. The van der Waals surface area contributed by atoms with Crippen molar-refractivity contribution in [2.75, 3.05) is 25.1 Å². The summed E-state index contributed by atoms with van der Waals surface area (Å²) in [5.41, 5.74) is 3.75. The van der Waals surface area contributed by atoms with Gasteiger partial charge in [0, 0.05) is 18.8 Å². The number of methoxy groups -OCH3 is 1. The molecule has 1 fully saturated rings. The Kier molecular flexibility index (Phi) is 4.55. The molecular formula is C21H24FNO2. The molecule has 0 unspecified atom stereocenters. The van der Waals surface area contributed by atoms with Crippen molar-refractivity contribution >= 4 is 11.7 Å². The van der Waals surface area contributed by atoms with E-state index >= 15 is 0 Å². The van der Waals surface area contributed by atoms with E-state index in [0.717, 1.165) is 22.4 Å². The van der Waals surface area contributed by atoms with Crippen LogP contribution in [0.1, 0.15) is 26.3 Å². The van der Waals surface area contributed by atoms with Crippen LogP contribution < -0.4 is 4.90 Å². The Balaban J connectivity index is 1.86. The summed E-state index contributed by atoms with van der Waals surface area (Å²) in [5.74, 6) is -0.440. The van der Waals surface area contributed by atoms with Crippen LogP contribution >= 0.6 is 0 Å². The van der Waals surface area contributed by atoms with E-state index < -0.39 is 0 Å². The highest BCUT2D eigenvalue weighted by atomic mass is 19.1. The van der Waals surface area contributed by atoms with Gasteiger partial charge in [0.05, 0.1) is 13.0 Å². The largest absolute Gasteiger partial charge is 0.469 e. The molecule has 25 heavy (non-hydrogen) atoms. The molecule has 0 aliphatic carbocycles. The fourth-order valence-electron chi connectivity index (χ4n) is 3.08. The second kappa shape index (κ2) is 6.51. The number of benzene rings is 2. The van der Waals surface area contributed by atoms with Crippen molar-refractivity contribution in [3.05, 3.63) is 53.8 Å². The van der Waals surface area contributed by atoms with Gasteiger partial charge in [0.2, 0.25) is 0 Å². The maximum atomic E-state index is 14.1. The zero-order chi connectivity index (χ0) is 18.2. The van der Waals surface area contributed by atoms with E-state index in [1.54, 1.807) is 12.1 Å². The van der Waals surface area contributed by atoms with Crippen molar-refractivity contribution in [1.82, 2.24) is 0 Å². The smallest absolute Gasteiger partial charge is 0.312 e. The molecule has 1 heterocycles. The summed E-state index contributed by atoms with van der Waals surface area (Å²) in [7, 11) is 1.42. The van der Waals surface area contributed by atoms with Crippen molar-refractivity contribution in [1.29, 1.82) is 0 Å². The monoisotopic (exact) mass is 341 g/mol. The minimum absolute atomic E-state index is 0.0599. The Labute approximate surface area is 148 Å². The predicted octanol–water partition coefficient (Wildman–Crippen LogP) is 4.40. The number of hydrogen-bond acceptors (Lipinski definition) is 3. The molecule has 1 aliphatic rings. The molecule has 2 aromatic rings. The summed E-state index contributed by atoms with van der Waals surface area (Å²) in [5, 5.41) is 0. The lowest BCUT2D eigenvalue weighted by Crippen LogP contribution is -2.50. The maximum absolute atomic E-state index is 14.1. The van der Waals surface area contributed by atoms with Crippen molar-refractivity contribution < 1.29 is 13.9 Å². The molecule has 0 bridgehead atoms. The SMILES string of the molecule is COC(=O)C1CN(c2cccc(-c3cc(F)cc(C(C)(C)C)c3)c2)C1. The molecule has 0 atom stereocenters. The number of ether oxygens (including phenoxy) is 1. The van der Waals surface area contributed by atoms with Crippen LogP contribution in [0.15, 0.2) is 42.5 Å². The van der Waals surface area contributed by atoms with Gasteiger partial charge >= 0.3 is 5.97 Å². The van der Waals surface area contributed by atoms with Crippen LogP contribution in [-0.4, -0.2) is 26.2 Å². The van der Waals surface area contributed by atoms with Crippen molar-refractivity contribution in [2.45, 2.75) is 26.2 Å². The van der Waals surface area contributed by atoms with Gasteiger partial charge < -0.3 is 9.64 Å². The molecule has 0 N–H and O–H groups in total. The van der Waals surface area contributed by atoms with Crippen molar-refractivity contribution in [2.24, 2.45) is 5.92 Å². The normalized spacial score (nSPS) is 15.0. The average Bonchev–Trinajstić information content (AvgIpc) is 2.52. The minimum Gasteiger partial charge on any atom is -0.469 e. The molecule has 0 aromatic heterocycles. The molecule has 0 amide bonds. The lowest BCUT2D eigenvalue weighted by atomic mass is 9.85. The van der Waals surface area contributed by atoms with Crippen LogP contribution in [0.3, 0.4) is 0 Å². The number of halogens is 1. The summed E-state index contributed by atoms with van der Waals surface area (Å²) in [6.45, 7) is 7.55. The molecule has 0 saturated carbocycles. The summed E-state index contributed by atoms with van der Waals surface area (Å²) < 4.78 is 18.9. The number of rotatable bonds is 3. The van der Waals surface area contributed by atoms with Gasteiger partial charge in [-0.2, -0.15) is 0 Å². The Morgan fingerprint density at radius 2 is 1.84 bits per heavy atom. The molecule has 0 spiro atoms. The van der Waals surface area contributed by atoms with Crippen LogP contribution in [-0.2, 0) is 14.9 Å². The first-order chi connectivity index (χ1) is 11.8. The summed E-state index contributed by atoms with van der Waals surface area (Å²) in [6.07, 6.45) is 0. The van der Waals surface area contributed by atoms with E-state index in [-0.39, 0.29) is 23.1 Å². The third kappa shape index (κ3) is 3.68. The van der Waals surface area contributed by atoms with E-state index in [0.29, 0.717) is 13.1 Å². The van der Waals surface area contributed by atoms with Crippen molar-refractivity contribution in [3.8, 4) is 11.1 Å². The fourth-order valence-corrected chi connectivity index (χ4v) is 3.08. The number of anilines is 1. The number of hydrogen-bond donors (Lipinski definition) is 0. The lowest BCUT2D eigenvalue weighted by Gasteiger charge is -2.39. The highest BCUT2D eigenvalue weighted by Gasteiger charge is 2.33. The van der Waals surface area contributed by atoms with Crippen LogP contribution in [0, 0.1) is 11.7 Å². The number of esters is 1. The van der Waals surface area contributed by atoms with E-state index in [4.69, 9.17) is 4.74 Å². The third-order valence-corrected chi connectivity index (χ3v) is 4.72. The van der Waals surface area contributed by atoms with Crippen LogP contribution in [0.2, 0.25) is 0 Å². The highest BCUT2D eigenvalue weighted by molar-refractivity contribution is 5.77. The Morgan fingerprint density at radius 1 is 1.12 bits per heavy atom. The van der Waals surface area contributed by atoms with Gasteiger partial charge in [-0.25, -0.2) is 4.39 Å². The molecule has 2 aromatic carbocycles. The first-order valence-corrected chi connectivity index (χ1v) is 8.52. The van der Waals surface area contributed by atoms with E-state index in [2.05, 4.69) is 37.8 Å². The topological polar surface area (TPSA) is 29.5 Å². The van der Waals surface area contributed by atoms with Gasteiger partial charge in [-0.1, -0.05) is 39.0 Å². The average molecular weight is 341 g/mol. The molecule has 3 nitrogen and oxygen atoms in total. The predicted molar refractivity (Wildman–Crippen MR) is 98.3 cm³/mol. The first kappa shape index (κ1) is 17.5. The van der Waals surface area contributed by atoms with Gasteiger partial charge in [-0.05, 0) is 46.4 Å². The van der Waals surface area contributed by atoms with Crippen LogP contribution in [0.4, 0.5) is 10.1 Å². The standard InChI is InChI=1S/C21H24FNO2/c1-21(2,3)17-8-15(9-18(22)11-17)14-6-5-7-19(10-14)23-12-16(13-23)20(24)25-4/h5-11,16H,12-13H2,1-4H3. The number of nitrogens with zero attached hydrogens (tertiary/aromatic N) is 1. The molecule has 0 radical (unpaired) electrons. The second-order valence-corrected chi connectivity index (χ2v) is 7.65. The number of carbonyl (C=O) groups is 1. The second-order valence-electron chi connectivity index (χ2n) is 7.65. The number of carbonyl (C=O) groups excluding carboxylic acids is 1. The van der Waals surface area contributed by atoms with Gasteiger partial charge in [0.25, 0.3) is 0 Å². The Bertz CT molecular complexity index is 789. The fraction of sp³-hybridized carbons (Fsp3) is 0.381. The molecule has 132 valence electrons. The van der Waals surface area contributed by atoms with Gasteiger partial charge in [-0.15, -0.1) is 0 Å². The van der Waals surface area contributed by atoms with Gasteiger partial charge in [-0.3, -0.25) is 4.79 Å². The molecule has 1 aliphatic heterocycles. The summed E-state index contributed by atoms with van der Waals surface area (Å²) >= 11 is 0. The Hall–Kier alpha value is -2.36. The van der Waals surface area contributed by atoms with Crippen LogP contribution in [0.5, 0.6) is 0 Å². The van der Waals surface area contributed by atoms with E-state index in [9.17, 15) is 9.18 Å². The van der Waals surface area contributed by atoms with Gasteiger partial charge in [0.15, 0.2) is 0 Å². The van der Waals surface area contributed by atoms with Crippen LogP contribution in [0.25, 0.3) is 11.1 Å². The zero-order valence-electron chi connectivity index (χ0n) is 15.2. The first-order valence-electron chi connectivity index (χ1n) is 8.52. The van der Waals surface area contributed by atoms with Gasteiger partial charge in [0.1, 0.15) is 5.82 Å². The van der Waals surface area contributed by atoms with E-state index in [1.165, 1.54) is 7.11 Å². The quantitative estimate of drug-likeness (QED) is 0.775. The maximum Gasteiger partial charge on any atom is 0.312 e. The summed E-state index contributed by atoms with van der Waals surface area (Å²) in [4.78, 5) is 13.7. The zero-order valence-corrected chi connectivity index (χ0v) is 15.2. The molecule has 1 saturated heterocycles. The third-order valence-electron chi connectivity index (χ3n) is 4.72. The summed E-state index contributed by atoms with van der Waals surface area (Å²) in [6, 6.07) is 13.2. The molecular weight excluding hydrogens is 317 g/mol. The van der Waals surface area contributed by atoms with E-state index in [1.807, 2.05) is 18.2 Å². The molecule has 4 heteroatoms. The van der Waals surface area contributed by atoms with Crippen molar-refractivity contribution in [3.63, 3.8) is 0 Å². The lowest BCUT2D eigenvalue weighted by molar-refractivity contribution is -0.146.